The van der Waals surface area contributed by atoms with Crippen LogP contribution in [0.2, 0.25) is 0 Å². The number of hydrogen-bond acceptors (Lipinski definition) is 10. The molecule has 11 nitrogen and oxygen atoms in total. The molecule has 3 aliphatic rings. The van der Waals surface area contributed by atoms with Crippen LogP contribution in [-0.4, -0.2) is 85.1 Å². The zero-order valence-corrected chi connectivity index (χ0v) is 27.2. The number of benzene rings is 1. The van der Waals surface area contributed by atoms with Gasteiger partial charge in [0.05, 0.1) is 25.9 Å². The summed E-state index contributed by atoms with van der Waals surface area (Å²) in [5.41, 5.74) is 4.42. The van der Waals surface area contributed by atoms with Gasteiger partial charge >= 0.3 is 0 Å². The molecule has 0 bridgehead atoms. The van der Waals surface area contributed by atoms with Gasteiger partial charge in [0.2, 0.25) is 0 Å². The molecule has 4 aromatic heterocycles. The van der Waals surface area contributed by atoms with E-state index < -0.39 is 6.17 Å². The van der Waals surface area contributed by atoms with Crippen LogP contribution in [0.3, 0.4) is 0 Å². The number of para-hydroxylation sites is 1. The first kappa shape index (κ1) is 31.1. The summed E-state index contributed by atoms with van der Waals surface area (Å²) < 4.78 is 31.1. The van der Waals surface area contributed by atoms with Gasteiger partial charge in [-0.3, -0.25) is 4.79 Å². The van der Waals surface area contributed by atoms with Gasteiger partial charge in [-0.2, -0.15) is 0 Å². The number of halogens is 1. The number of aromatic amines is 1. The molecular weight excluding hydrogens is 601 g/mol. The number of furan rings is 1. The number of nitrogens with one attached hydrogen (secondary N) is 1. The zero-order valence-electron chi connectivity index (χ0n) is 27.2. The highest BCUT2D eigenvalue weighted by Gasteiger charge is 2.50. The normalized spacial score (nSPS) is 19.5. The van der Waals surface area contributed by atoms with Gasteiger partial charge in [0, 0.05) is 57.1 Å². The molecule has 3 fully saturated rings. The number of alkyl halides is 1. The van der Waals surface area contributed by atoms with E-state index in [9.17, 15) is 9.18 Å². The summed E-state index contributed by atoms with van der Waals surface area (Å²) in [5, 5.41) is 0.914. The lowest BCUT2D eigenvalue weighted by molar-refractivity contribution is -0.228. The van der Waals surface area contributed by atoms with Gasteiger partial charge in [0.15, 0.2) is 23.4 Å². The number of aromatic nitrogens is 4. The molecule has 1 aromatic carbocycles. The van der Waals surface area contributed by atoms with Crippen LogP contribution in [0.4, 0.5) is 21.7 Å². The number of H-pyrrole nitrogens is 1. The van der Waals surface area contributed by atoms with Crippen molar-refractivity contribution in [2.45, 2.75) is 44.5 Å². The maximum Gasteiger partial charge on any atom is 0.271 e. The molecule has 12 heteroatoms. The molecule has 2 atom stereocenters. The van der Waals surface area contributed by atoms with Crippen molar-refractivity contribution >= 4 is 39.4 Å². The van der Waals surface area contributed by atoms with Gasteiger partial charge in [0.25, 0.3) is 5.56 Å². The maximum atomic E-state index is 13.8. The van der Waals surface area contributed by atoms with Crippen molar-refractivity contribution in [3.05, 3.63) is 71.0 Å². The average molecular weight is 642 g/mol. The Morgan fingerprint density at radius 3 is 2.57 bits per heavy atom. The van der Waals surface area contributed by atoms with Crippen LogP contribution in [-0.2, 0) is 9.47 Å². The van der Waals surface area contributed by atoms with Crippen LogP contribution in [0.25, 0.3) is 33.2 Å². The first-order chi connectivity index (χ1) is 22.7. The highest BCUT2D eigenvalue weighted by molar-refractivity contribution is 6.05. The van der Waals surface area contributed by atoms with Crippen molar-refractivity contribution in [1.82, 2.24) is 19.9 Å². The van der Waals surface area contributed by atoms with Gasteiger partial charge in [0.1, 0.15) is 28.2 Å². The van der Waals surface area contributed by atoms with E-state index in [1.807, 2.05) is 61.5 Å². The SMILES string of the molecule is CC(F)c1nc(N2CCCC2)c2oc3ccccc3c2n1.CC1N(c2cc(-c3ccnc(N(C)C)c3)c[nH]c2=O)CCOC12COC2. The van der Waals surface area contributed by atoms with E-state index in [0.29, 0.717) is 43.2 Å². The number of anilines is 3. The predicted octanol–water partition coefficient (Wildman–Crippen LogP) is 5.50. The maximum absolute atomic E-state index is 13.8. The molecule has 5 aromatic rings. The first-order valence-electron chi connectivity index (χ1n) is 16.2. The summed E-state index contributed by atoms with van der Waals surface area (Å²) in [6, 6.07) is 13.7. The molecule has 8 rings (SSSR count). The van der Waals surface area contributed by atoms with Crippen LogP contribution < -0.4 is 20.3 Å². The Bertz CT molecular complexity index is 1950. The van der Waals surface area contributed by atoms with Crippen molar-refractivity contribution in [1.29, 1.82) is 0 Å². The standard InChI is InChI=1S/C19H24N4O3.C16H16FN3O/c1-13-19(11-25-12-19)26-7-6-23(13)16-8-15(10-21-18(16)24)14-4-5-20-17(9-14)22(2)3;1-10(17)15-18-13-11-6-2-3-7-12(11)21-14(13)16(19-15)20-8-4-5-9-20/h4-5,8-10,13H,6-7,11-12H2,1-3H3,(H,21,24);2-3,6-7,10H,4-5,8-9H2,1H3. The van der Waals surface area contributed by atoms with Crippen LogP contribution in [0.15, 0.2) is 64.1 Å². The summed E-state index contributed by atoms with van der Waals surface area (Å²) in [4.78, 5) is 34.9. The second kappa shape index (κ2) is 12.6. The van der Waals surface area contributed by atoms with Crippen molar-refractivity contribution in [2.75, 3.05) is 68.2 Å². The molecule has 47 heavy (non-hydrogen) atoms. The second-order valence-corrected chi connectivity index (χ2v) is 12.7. The Morgan fingerprint density at radius 2 is 1.85 bits per heavy atom. The number of morpholine rings is 1. The predicted molar refractivity (Wildman–Crippen MR) is 181 cm³/mol. The van der Waals surface area contributed by atoms with Gasteiger partial charge in [-0.15, -0.1) is 0 Å². The minimum absolute atomic E-state index is 0.0797. The number of ether oxygens (including phenoxy) is 2. The van der Waals surface area contributed by atoms with E-state index in [0.717, 1.165) is 59.7 Å². The molecule has 0 aliphatic carbocycles. The molecule has 0 amide bonds. The van der Waals surface area contributed by atoms with Crippen LogP contribution in [0.1, 0.15) is 38.7 Å². The Hall–Kier alpha value is -4.55. The molecular formula is C35H40FN7O4. The molecule has 2 unspecified atom stereocenters. The molecule has 1 spiro atoms. The highest BCUT2D eigenvalue weighted by atomic mass is 19.1. The van der Waals surface area contributed by atoms with Crippen molar-refractivity contribution < 1.29 is 18.3 Å². The zero-order chi connectivity index (χ0) is 32.7. The molecule has 0 saturated carbocycles. The van der Waals surface area contributed by atoms with Gasteiger partial charge < -0.3 is 33.6 Å². The summed E-state index contributed by atoms with van der Waals surface area (Å²) in [7, 11) is 3.92. The fourth-order valence-electron chi connectivity index (χ4n) is 6.51. The third-order valence-corrected chi connectivity index (χ3v) is 9.35. The fourth-order valence-corrected chi connectivity index (χ4v) is 6.51. The molecule has 1 N–H and O–H groups in total. The van der Waals surface area contributed by atoms with Crippen molar-refractivity contribution in [2.24, 2.45) is 0 Å². The number of pyridine rings is 2. The average Bonchev–Trinajstić information content (AvgIpc) is 3.73. The van der Waals surface area contributed by atoms with Crippen LogP contribution in [0, 0.1) is 0 Å². The smallest absolute Gasteiger partial charge is 0.271 e. The van der Waals surface area contributed by atoms with E-state index in [4.69, 9.17) is 13.9 Å². The summed E-state index contributed by atoms with van der Waals surface area (Å²) in [6.07, 6.45) is 4.62. The van der Waals surface area contributed by atoms with E-state index >= 15 is 0 Å². The van der Waals surface area contributed by atoms with Crippen LogP contribution in [0.5, 0.6) is 0 Å². The molecule has 0 radical (unpaired) electrons. The second-order valence-electron chi connectivity index (χ2n) is 12.7. The molecule has 7 heterocycles. The van der Waals surface area contributed by atoms with Gasteiger partial charge in [-0.05, 0) is 62.6 Å². The van der Waals surface area contributed by atoms with E-state index in [1.54, 1.807) is 12.4 Å². The Kier molecular flexibility index (Phi) is 8.31. The number of fused-ring (bicyclic) bond motifs is 3. The van der Waals surface area contributed by atoms with Crippen LogP contribution >= 0.6 is 0 Å². The van der Waals surface area contributed by atoms with E-state index in [1.165, 1.54) is 6.92 Å². The third-order valence-electron chi connectivity index (χ3n) is 9.35. The lowest BCUT2D eigenvalue weighted by atomic mass is 9.90. The van der Waals surface area contributed by atoms with Gasteiger partial charge in [-0.25, -0.2) is 19.3 Å². The van der Waals surface area contributed by atoms with Crippen molar-refractivity contribution in [3.63, 3.8) is 0 Å². The number of nitrogens with zero attached hydrogens (tertiary/aromatic N) is 6. The number of rotatable bonds is 5. The molecule has 246 valence electrons. The Labute approximate surface area is 272 Å². The summed E-state index contributed by atoms with van der Waals surface area (Å²) >= 11 is 0. The molecule has 3 aliphatic heterocycles. The molecule has 3 saturated heterocycles. The van der Waals surface area contributed by atoms with Crippen molar-refractivity contribution in [3.8, 4) is 11.1 Å². The van der Waals surface area contributed by atoms with Gasteiger partial charge in [-0.1, -0.05) is 12.1 Å². The number of hydrogen-bond donors (Lipinski definition) is 1. The third kappa shape index (κ3) is 5.80. The largest absolute Gasteiger partial charge is 0.450 e. The fraction of sp³-hybridized carbons (Fsp3) is 0.429. The first-order valence-corrected chi connectivity index (χ1v) is 16.2. The van der Waals surface area contributed by atoms with E-state index in [-0.39, 0.29) is 23.0 Å². The minimum atomic E-state index is -1.19. The topological polar surface area (TPSA) is 113 Å². The quantitative estimate of drug-likeness (QED) is 0.264. The Balaban J connectivity index is 0.000000153. The lowest BCUT2D eigenvalue weighted by Gasteiger charge is -2.53. The van der Waals surface area contributed by atoms with E-state index in [2.05, 4.69) is 36.7 Å². The lowest BCUT2D eigenvalue weighted by Crippen LogP contribution is -2.68. The summed E-state index contributed by atoms with van der Waals surface area (Å²) in [5.74, 6) is 1.84. The highest BCUT2D eigenvalue weighted by Crippen LogP contribution is 2.36. The minimum Gasteiger partial charge on any atom is -0.450 e. The Morgan fingerprint density at radius 1 is 1.06 bits per heavy atom. The summed E-state index contributed by atoms with van der Waals surface area (Å²) in [6.45, 7) is 7.89. The monoisotopic (exact) mass is 641 g/mol.